The van der Waals surface area contributed by atoms with Crippen molar-refractivity contribution in [3.8, 4) is 11.4 Å². The molecule has 3 aromatic rings. The molecular weight excluding hydrogens is 450 g/mol. The Morgan fingerprint density at radius 2 is 1.85 bits per heavy atom. The lowest BCUT2D eigenvalue weighted by Crippen LogP contribution is -2.38. The van der Waals surface area contributed by atoms with Crippen molar-refractivity contribution in [2.45, 2.75) is 33.2 Å². The first-order valence-corrected chi connectivity index (χ1v) is 13.5. The number of imidazole rings is 1. The lowest BCUT2D eigenvalue weighted by Gasteiger charge is -2.26. The zero-order chi connectivity index (χ0) is 24.5. The van der Waals surface area contributed by atoms with E-state index in [-0.39, 0.29) is 11.7 Å². The van der Waals surface area contributed by atoms with Crippen LogP contribution in [0.5, 0.6) is 0 Å². The van der Waals surface area contributed by atoms with Crippen LogP contribution in [0.1, 0.15) is 37.6 Å². The van der Waals surface area contributed by atoms with Crippen LogP contribution in [0.15, 0.2) is 42.5 Å². The Hall–Kier alpha value is -2.91. The van der Waals surface area contributed by atoms with E-state index in [1.165, 1.54) is 0 Å². The predicted octanol–water partition coefficient (Wildman–Crippen LogP) is 3.56. The highest BCUT2D eigenvalue weighted by Gasteiger charge is 2.31. The van der Waals surface area contributed by atoms with Crippen LogP contribution in [0.4, 0.5) is 5.69 Å². The molecule has 182 valence electrons. The number of amides is 1. The molecule has 4 rings (SSSR count). The molecule has 9 heteroatoms. The molecule has 1 aromatic heterocycles. The normalized spacial score (nSPS) is 16.5. The summed E-state index contributed by atoms with van der Waals surface area (Å²) in [5, 5.41) is 0. The third-order valence-corrected chi connectivity index (χ3v) is 7.97. The summed E-state index contributed by atoms with van der Waals surface area (Å²) in [6.45, 7) is 9.10. The third-order valence-electron chi connectivity index (χ3n) is 6.66. The zero-order valence-corrected chi connectivity index (χ0v) is 21.1. The van der Waals surface area contributed by atoms with Crippen molar-refractivity contribution >= 4 is 32.7 Å². The number of fused-ring (bicyclic) bond motifs is 1. The zero-order valence-electron chi connectivity index (χ0n) is 20.3. The molecule has 1 saturated heterocycles. The highest BCUT2D eigenvalue weighted by molar-refractivity contribution is 7.92. The smallest absolute Gasteiger partial charge is 0.256 e. The molecule has 2 aromatic carbocycles. The van der Waals surface area contributed by atoms with E-state index in [0.29, 0.717) is 41.4 Å². The number of rotatable bonds is 8. The highest BCUT2D eigenvalue weighted by Crippen LogP contribution is 2.31. The molecule has 1 atom stereocenters. The fraction of sp³-hybridized carbons (Fsp3) is 0.440. The Morgan fingerprint density at radius 3 is 2.50 bits per heavy atom. The quantitative estimate of drug-likeness (QED) is 0.529. The van der Waals surface area contributed by atoms with Gasteiger partial charge in [-0.25, -0.2) is 13.4 Å². The summed E-state index contributed by atoms with van der Waals surface area (Å²) in [6.07, 6.45) is 0.930. The number of nitrogens with zero attached hydrogens (tertiary/aromatic N) is 4. The molecule has 0 bridgehead atoms. The number of nitrogens with one attached hydrogen (secondary N) is 1. The highest BCUT2D eigenvalue weighted by atomic mass is 32.2. The van der Waals surface area contributed by atoms with Crippen LogP contribution in [0.25, 0.3) is 22.4 Å². The number of hydrogen-bond acceptors (Lipinski definition) is 5. The van der Waals surface area contributed by atoms with E-state index in [1.807, 2.05) is 46.8 Å². The summed E-state index contributed by atoms with van der Waals surface area (Å²) >= 11 is 0. The van der Waals surface area contributed by atoms with E-state index in [0.717, 1.165) is 30.9 Å². The molecule has 1 aliphatic rings. The number of sulfonamides is 1. The summed E-state index contributed by atoms with van der Waals surface area (Å²) in [5.41, 5.74) is 3.03. The minimum Gasteiger partial charge on any atom is -0.337 e. The first-order chi connectivity index (χ1) is 16.3. The van der Waals surface area contributed by atoms with Gasteiger partial charge in [-0.05, 0) is 38.6 Å². The van der Waals surface area contributed by atoms with E-state index in [4.69, 9.17) is 4.98 Å². The number of anilines is 1. The molecule has 1 N–H and O–H groups in total. The van der Waals surface area contributed by atoms with Gasteiger partial charge in [0.1, 0.15) is 5.82 Å². The van der Waals surface area contributed by atoms with E-state index in [9.17, 15) is 13.2 Å². The van der Waals surface area contributed by atoms with E-state index in [1.54, 1.807) is 19.1 Å². The Morgan fingerprint density at radius 1 is 1.15 bits per heavy atom. The average Bonchev–Trinajstić information content (AvgIpc) is 3.45. The van der Waals surface area contributed by atoms with Gasteiger partial charge in [0, 0.05) is 31.7 Å². The molecule has 1 unspecified atom stereocenters. The molecule has 2 heterocycles. The van der Waals surface area contributed by atoms with Crippen LogP contribution in [-0.2, 0) is 17.1 Å². The van der Waals surface area contributed by atoms with Gasteiger partial charge in [0.25, 0.3) is 5.91 Å². The molecular formula is C25H33N5O3S. The van der Waals surface area contributed by atoms with Gasteiger partial charge in [-0.2, -0.15) is 0 Å². The standard InChI is InChI=1S/C25H33N5O3S/c1-5-29(6-2)20-13-14-30(17-20)25(31)21-15-19(27-34(32,33)7-3)16-22-23(21)28(4)24(26-22)18-11-9-8-10-12-18/h8-12,15-16,20,27H,5-7,13-14,17H2,1-4H3. The van der Waals surface area contributed by atoms with Gasteiger partial charge in [0.2, 0.25) is 10.0 Å². The van der Waals surface area contributed by atoms with Gasteiger partial charge < -0.3 is 9.47 Å². The maximum Gasteiger partial charge on any atom is 0.256 e. The van der Waals surface area contributed by atoms with Crippen molar-refractivity contribution in [3.05, 3.63) is 48.0 Å². The summed E-state index contributed by atoms with van der Waals surface area (Å²) in [4.78, 5) is 22.8. The van der Waals surface area contributed by atoms with Gasteiger partial charge >= 0.3 is 0 Å². The number of likely N-dealkylation sites (tertiary alicyclic amines) is 1. The molecule has 1 amide bonds. The molecule has 0 radical (unpaired) electrons. The van der Waals surface area contributed by atoms with Crippen molar-refractivity contribution in [2.75, 3.05) is 36.7 Å². The number of aromatic nitrogens is 2. The fourth-order valence-corrected chi connectivity index (χ4v) is 5.43. The van der Waals surface area contributed by atoms with Crippen LogP contribution >= 0.6 is 0 Å². The third kappa shape index (κ3) is 4.67. The lowest BCUT2D eigenvalue weighted by atomic mass is 10.1. The Balaban J connectivity index is 1.80. The number of carbonyl (C=O) groups excluding carboxylic acids is 1. The molecule has 1 fully saturated rings. The summed E-state index contributed by atoms with van der Waals surface area (Å²) in [6, 6.07) is 13.5. The van der Waals surface area contributed by atoms with Crippen LogP contribution < -0.4 is 4.72 Å². The number of hydrogen-bond donors (Lipinski definition) is 1. The average molecular weight is 484 g/mol. The van der Waals surface area contributed by atoms with Crippen LogP contribution in [-0.4, -0.2) is 71.6 Å². The first-order valence-electron chi connectivity index (χ1n) is 11.9. The molecule has 8 nitrogen and oxygen atoms in total. The maximum absolute atomic E-state index is 13.8. The molecule has 1 aliphatic heterocycles. The SMILES string of the molecule is CCN(CC)C1CCN(C(=O)c2cc(NS(=O)(=O)CC)cc3nc(-c4ccccc4)n(C)c23)C1. The van der Waals surface area contributed by atoms with Crippen molar-refractivity contribution in [3.63, 3.8) is 0 Å². The molecule has 0 spiro atoms. The summed E-state index contributed by atoms with van der Waals surface area (Å²) in [5.74, 6) is 0.575. The number of carbonyl (C=O) groups is 1. The van der Waals surface area contributed by atoms with Crippen LogP contribution in [0, 0.1) is 0 Å². The minimum absolute atomic E-state index is 0.0521. The van der Waals surface area contributed by atoms with E-state index in [2.05, 4.69) is 23.5 Å². The summed E-state index contributed by atoms with van der Waals surface area (Å²) in [7, 11) is -1.61. The van der Waals surface area contributed by atoms with Crippen molar-refractivity contribution < 1.29 is 13.2 Å². The van der Waals surface area contributed by atoms with Gasteiger partial charge in [0.15, 0.2) is 0 Å². The second-order valence-corrected chi connectivity index (χ2v) is 10.7. The van der Waals surface area contributed by atoms with E-state index < -0.39 is 10.0 Å². The number of likely N-dealkylation sites (N-methyl/N-ethyl adjacent to an activating group) is 1. The monoisotopic (exact) mass is 483 g/mol. The number of aryl methyl sites for hydroxylation is 1. The van der Waals surface area contributed by atoms with Gasteiger partial charge in [-0.1, -0.05) is 44.2 Å². The van der Waals surface area contributed by atoms with E-state index >= 15 is 0 Å². The largest absolute Gasteiger partial charge is 0.337 e. The Bertz CT molecular complexity index is 1280. The summed E-state index contributed by atoms with van der Waals surface area (Å²) < 4.78 is 29.1. The Kier molecular flexibility index (Phi) is 6.95. The lowest BCUT2D eigenvalue weighted by molar-refractivity contribution is 0.0779. The molecule has 34 heavy (non-hydrogen) atoms. The molecule has 0 aliphatic carbocycles. The van der Waals surface area contributed by atoms with Crippen LogP contribution in [0.3, 0.4) is 0 Å². The second kappa shape index (κ2) is 9.76. The Labute approximate surface area is 201 Å². The fourth-order valence-electron chi connectivity index (χ4n) is 4.81. The minimum atomic E-state index is -3.50. The van der Waals surface area contributed by atoms with Gasteiger partial charge in [-0.3, -0.25) is 14.4 Å². The predicted molar refractivity (Wildman–Crippen MR) is 136 cm³/mol. The number of benzene rings is 2. The van der Waals surface area contributed by atoms with Crippen molar-refractivity contribution in [1.82, 2.24) is 19.4 Å². The van der Waals surface area contributed by atoms with Gasteiger partial charge in [0.05, 0.1) is 28.0 Å². The molecule has 0 saturated carbocycles. The van der Waals surface area contributed by atoms with Crippen molar-refractivity contribution in [1.29, 1.82) is 0 Å². The van der Waals surface area contributed by atoms with Gasteiger partial charge in [-0.15, -0.1) is 0 Å². The maximum atomic E-state index is 13.8. The first kappa shape index (κ1) is 24.2. The van der Waals surface area contributed by atoms with Crippen molar-refractivity contribution in [2.24, 2.45) is 7.05 Å². The second-order valence-electron chi connectivity index (χ2n) is 8.67. The van der Waals surface area contributed by atoms with Crippen LogP contribution in [0.2, 0.25) is 0 Å². The topological polar surface area (TPSA) is 87.5 Å².